The van der Waals surface area contributed by atoms with Gasteiger partial charge in [-0.1, -0.05) is 47.5 Å². The second-order valence-electron chi connectivity index (χ2n) is 10.7. The Morgan fingerprint density at radius 3 is 2.45 bits per heavy atom. The van der Waals surface area contributed by atoms with Crippen molar-refractivity contribution in [3.8, 4) is 0 Å². The number of hydrogen-bond donors (Lipinski definition) is 1. The average molecular weight is 554 g/mol. The van der Waals surface area contributed by atoms with E-state index in [9.17, 15) is 9.59 Å². The lowest BCUT2D eigenvalue weighted by atomic mass is 9.84. The van der Waals surface area contributed by atoms with Crippen LogP contribution in [0.4, 0.5) is 5.69 Å². The van der Waals surface area contributed by atoms with E-state index in [0.717, 1.165) is 35.7 Å². The molecule has 4 aliphatic rings. The molecule has 1 unspecified atom stereocenters. The topological polar surface area (TPSA) is 65.0 Å². The normalized spacial score (nSPS) is 23.7. The van der Waals surface area contributed by atoms with Crippen molar-refractivity contribution in [2.24, 2.45) is 22.7 Å². The molecule has 3 fully saturated rings. The molecule has 2 saturated heterocycles. The Morgan fingerprint density at radius 2 is 1.79 bits per heavy atom. The minimum absolute atomic E-state index is 0.243. The molecule has 1 N–H and O–H groups in total. The van der Waals surface area contributed by atoms with Crippen LogP contribution in [0.5, 0.6) is 0 Å². The van der Waals surface area contributed by atoms with Crippen molar-refractivity contribution in [2.45, 2.75) is 44.7 Å². The van der Waals surface area contributed by atoms with E-state index in [0.29, 0.717) is 34.7 Å². The molecular formula is C30H34Cl2N4O2. The zero-order valence-electron chi connectivity index (χ0n) is 21.7. The van der Waals surface area contributed by atoms with Crippen molar-refractivity contribution in [3.05, 3.63) is 76.3 Å². The fourth-order valence-corrected chi connectivity index (χ4v) is 6.33. The summed E-state index contributed by atoms with van der Waals surface area (Å²) >= 11 is 12.3. The smallest absolute Gasteiger partial charge is 0.272 e. The van der Waals surface area contributed by atoms with E-state index >= 15 is 0 Å². The Labute approximate surface area is 234 Å². The summed E-state index contributed by atoms with van der Waals surface area (Å²) in [5.74, 6) is 1.14. The first-order valence-corrected chi connectivity index (χ1v) is 14.1. The summed E-state index contributed by atoms with van der Waals surface area (Å²) in [6, 6.07) is 13.3. The van der Waals surface area contributed by atoms with Crippen LogP contribution in [0.3, 0.4) is 0 Å². The quantitative estimate of drug-likeness (QED) is 0.466. The third kappa shape index (κ3) is 5.62. The van der Waals surface area contributed by atoms with Crippen molar-refractivity contribution < 1.29 is 9.59 Å². The number of likely N-dealkylation sites (N-methyl/N-ethyl adjacent to an activating group) is 1. The fraction of sp³-hybridized carbons (Fsp3) is 0.433. The first kappa shape index (κ1) is 26.8. The second kappa shape index (κ2) is 11.5. The summed E-state index contributed by atoms with van der Waals surface area (Å²) in [7, 11) is 1.75. The molecule has 2 aromatic rings. The molecule has 1 aliphatic carbocycles. The van der Waals surface area contributed by atoms with Crippen LogP contribution in [0.15, 0.2) is 60.1 Å². The second-order valence-corrected chi connectivity index (χ2v) is 11.6. The molecule has 2 atom stereocenters. The summed E-state index contributed by atoms with van der Waals surface area (Å²) < 4.78 is 0. The van der Waals surface area contributed by atoms with Gasteiger partial charge in [-0.05, 0) is 80.2 Å². The lowest BCUT2D eigenvalue weighted by Crippen LogP contribution is -2.48. The van der Waals surface area contributed by atoms with E-state index in [1.54, 1.807) is 30.2 Å². The van der Waals surface area contributed by atoms with Crippen molar-refractivity contribution in [3.63, 3.8) is 0 Å². The SMILES string of the molecule is C=CC[C@@H](Cc1ccc(Cl)c(Cl)c1)C(=O)NC1N=C(N2CC3CCC(CC3)C2)c2ccccc2N(C)C1=O. The summed E-state index contributed by atoms with van der Waals surface area (Å²) in [4.78, 5) is 36.2. The minimum Gasteiger partial charge on any atom is -0.356 e. The maximum absolute atomic E-state index is 13.6. The number of nitrogens with zero attached hydrogens (tertiary/aromatic N) is 3. The molecule has 0 aromatic heterocycles. The van der Waals surface area contributed by atoms with Crippen molar-refractivity contribution in [2.75, 3.05) is 25.0 Å². The van der Waals surface area contributed by atoms with Gasteiger partial charge in [-0.25, -0.2) is 4.99 Å². The number of benzodiazepines with no additional fused rings is 1. The van der Waals surface area contributed by atoms with Crippen molar-refractivity contribution >= 4 is 46.5 Å². The van der Waals surface area contributed by atoms with E-state index in [-0.39, 0.29) is 11.8 Å². The molecule has 200 valence electrons. The van der Waals surface area contributed by atoms with Gasteiger partial charge in [0.1, 0.15) is 5.84 Å². The number of carbonyl (C=O) groups excluding carboxylic acids is 2. The van der Waals surface area contributed by atoms with E-state index in [4.69, 9.17) is 28.2 Å². The van der Waals surface area contributed by atoms with Gasteiger partial charge >= 0.3 is 0 Å². The molecular weight excluding hydrogens is 519 g/mol. The highest BCUT2D eigenvalue weighted by molar-refractivity contribution is 6.42. The molecule has 6 nitrogen and oxygen atoms in total. The number of aliphatic imine (C=N–C) groups is 1. The molecule has 38 heavy (non-hydrogen) atoms. The zero-order chi connectivity index (χ0) is 26.8. The largest absolute Gasteiger partial charge is 0.356 e. The van der Waals surface area contributed by atoms with Crippen LogP contribution in [0.25, 0.3) is 0 Å². The molecule has 3 aliphatic heterocycles. The van der Waals surface area contributed by atoms with Gasteiger partial charge in [0, 0.05) is 31.6 Å². The number of anilines is 1. The number of para-hydroxylation sites is 1. The van der Waals surface area contributed by atoms with Gasteiger partial charge in [0.15, 0.2) is 0 Å². The van der Waals surface area contributed by atoms with Gasteiger partial charge in [0.25, 0.3) is 5.91 Å². The molecule has 0 radical (unpaired) electrons. The van der Waals surface area contributed by atoms with Crippen LogP contribution < -0.4 is 10.2 Å². The molecule has 2 aromatic carbocycles. The number of nitrogens with one attached hydrogen (secondary N) is 1. The summed E-state index contributed by atoms with van der Waals surface area (Å²) in [5, 5.41) is 3.89. The number of amidine groups is 1. The van der Waals surface area contributed by atoms with Crippen LogP contribution in [-0.2, 0) is 16.0 Å². The third-order valence-electron chi connectivity index (χ3n) is 8.11. The van der Waals surface area contributed by atoms with Crippen molar-refractivity contribution in [1.82, 2.24) is 10.2 Å². The van der Waals surface area contributed by atoms with Crippen LogP contribution >= 0.6 is 23.2 Å². The number of allylic oxidation sites excluding steroid dienone is 1. The predicted octanol–water partition coefficient (Wildman–Crippen LogP) is 5.72. The Hall–Kier alpha value is -2.83. The number of halogens is 2. The molecule has 0 spiro atoms. The number of benzene rings is 2. The first-order chi connectivity index (χ1) is 18.3. The van der Waals surface area contributed by atoms with Crippen LogP contribution in [0, 0.1) is 17.8 Å². The van der Waals surface area contributed by atoms with Crippen LogP contribution in [-0.4, -0.2) is 48.9 Å². The number of hydrogen-bond acceptors (Lipinski definition) is 4. The highest BCUT2D eigenvalue weighted by Gasteiger charge is 2.36. The van der Waals surface area contributed by atoms with Gasteiger partial charge in [-0.2, -0.15) is 0 Å². The third-order valence-corrected chi connectivity index (χ3v) is 8.85. The Bertz CT molecular complexity index is 1240. The lowest BCUT2D eigenvalue weighted by Gasteiger charge is -2.27. The van der Waals surface area contributed by atoms with Gasteiger partial charge in [0.2, 0.25) is 12.1 Å². The van der Waals surface area contributed by atoms with Gasteiger partial charge in [-0.3, -0.25) is 9.59 Å². The number of rotatable bonds is 6. The predicted molar refractivity (Wildman–Crippen MR) is 154 cm³/mol. The van der Waals surface area contributed by atoms with E-state index in [2.05, 4.69) is 16.8 Å². The van der Waals surface area contributed by atoms with Crippen molar-refractivity contribution in [1.29, 1.82) is 0 Å². The van der Waals surface area contributed by atoms with Crippen LogP contribution in [0.2, 0.25) is 10.0 Å². The highest BCUT2D eigenvalue weighted by Crippen LogP contribution is 2.36. The number of carbonyl (C=O) groups is 2. The maximum atomic E-state index is 13.6. The van der Waals surface area contributed by atoms with Gasteiger partial charge < -0.3 is 15.1 Å². The van der Waals surface area contributed by atoms with Crippen LogP contribution in [0.1, 0.15) is 43.2 Å². The standard InChI is InChI=1S/C30H34Cl2N4O2/c1-3-6-22(15-21-13-14-24(31)25(32)16-21)29(37)34-27-30(38)35(2)26-8-5-4-7-23(26)28(33-27)36-17-19-9-10-20(18-36)12-11-19/h3-5,7-8,13-14,16,19-20,22,27H,1,6,9-12,15,17-18H2,2H3,(H,34,37)/t19?,20?,22-,27?/m0/s1. The summed E-state index contributed by atoms with van der Waals surface area (Å²) in [6.07, 6.45) is 6.57. The average Bonchev–Trinajstić information content (AvgIpc) is 3.29. The van der Waals surface area contributed by atoms with E-state index in [1.165, 1.54) is 25.7 Å². The Morgan fingerprint density at radius 1 is 1.11 bits per heavy atom. The first-order valence-electron chi connectivity index (χ1n) is 13.4. The number of fused-ring (bicyclic) bond motifs is 5. The number of amides is 2. The summed E-state index contributed by atoms with van der Waals surface area (Å²) in [5.41, 5.74) is 2.63. The monoisotopic (exact) mass is 552 g/mol. The van der Waals surface area contributed by atoms with E-state index < -0.39 is 12.1 Å². The molecule has 3 heterocycles. The zero-order valence-corrected chi connectivity index (χ0v) is 23.2. The van der Waals surface area contributed by atoms with Gasteiger partial charge in [-0.15, -0.1) is 6.58 Å². The molecule has 2 bridgehead atoms. The fourth-order valence-electron chi connectivity index (χ4n) is 6.01. The Balaban J connectivity index is 1.45. The van der Waals surface area contributed by atoms with Gasteiger partial charge in [0.05, 0.1) is 15.7 Å². The van der Waals surface area contributed by atoms with E-state index in [1.807, 2.05) is 30.3 Å². The highest BCUT2D eigenvalue weighted by atomic mass is 35.5. The lowest BCUT2D eigenvalue weighted by molar-refractivity contribution is -0.129. The maximum Gasteiger partial charge on any atom is 0.272 e. The Kier molecular flexibility index (Phi) is 8.10. The molecule has 6 rings (SSSR count). The molecule has 2 amide bonds. The molecule has 8 heteroatoms. The minimum atomic E-state index is -1.02. The summed E-state index contributed by atoms with van der Waals surface area (Å²) in [6.45, 7) is 5.70. The molecule has 1 saturated carbocycles.